The molecule has 0 saturated heterocycles. The second-order valence-corrected chi connectivity index (χ2v) is 5.07. The lowest BCUT2D eigenvalue weighted by atomic mass is 10.1. The van der Waals surface area contributed by atoms with Crippen LogP contribution in [0.3, 0.4) is 0 Å². The van der Waals surface area contributed by atoms with Gasteiger partial charge in [-0.05, 0) is 31.4 Å². The molecule has 1 aromatic rings. The minimum Gasteiger partial charge on any atom is -0.493 e. The van der Waals surface area contributed by atoms with Crippen LogP contribution in [0.15, 0.2) is 18.2 Å². The summed E-state index contributed by atoms with van der Waals surface area (Å²) in [6, 6.07) is 5.03. The summed E-state index contributed by atoms with van der Waals surface area (Å²) in [4.78, 5) is 22.7. The number of carboxylic acids is 1. The molecule has 2 N–H and O–H groups in total. The number of carbonyl (C=O) groups is 2. The maximum Gasteiger partial charge on any atom is 0.326 e. The number of para-hydroxylation sites is 1. The second-order valence-electron chi connectivity index (χ2n) is 5.07. The average molecular weight is 293 g/mol. The molecule has 5 nitrogen and oxygen atoms in total. The summed E-state index contributed by atoms with van der Waals surface area (Å²) in [6.45, 7) is 6.01. The number of hydrogen-bond donors (Lipinski definition) is 2. The molecule has 0 spiro atoms. The van der Waals surface area contributed by atoms with Crippen LogP contribution in [0.1, 0.15) is 37.3 Å². The molecule has 1 aromatic carbocycles. The number of aliphatic carboxylic acids is 1. The molecule has 116 valence electrons. The molecule has 0 aliphatic heterocycles. The van der Waals surface area contributed by atoms with Gasteiger partial charge < -0.3 is 15.2 Å². The molecule has 0 heterocycles. The summed E-state index contributed by atoms with van der Waals surface area (Å²) in [5, 5.41) is 11.5. The van der Waals surface area contributed by atoms with E-state index in [2.05, 4.69) is 5.32 Å². The summed E-state index contributed by atoms with van der Waals surface area (Å²) >= 11 is 0. The Balaban J connectivity index is 2.45. The van der Waals surface area contributed by atoms with Crippen LogP contribution in [0.4, 0.5) is 0 Å². The van der Waals surface area contributed by atoms with Crippen LogP contribution in [0.2, 0.25) is 0 Å². The number of benzene rings is 1. The molecule has 0 aliphatic rings. The van der Waals surface area contributed by atoms with Crippen LogP contribution in [-0.2, 0) is 9.59 Å². The topological polar surface area (TPSA) is 75.6 Å². The Bertz CT molecular complexity index is 479. The van der Waals surface area contributed by atoms with Gasteiger partial charge in [0.2, 0.25) is 5.91 Å². The number of carboxylic acid groups (broad SMARTS) is 1. The number of hydrogen-bond acceptors (Lipinski definition) is 3. The van der Waals surface area contributed by atoms with Gasteiger partial charge in [-0.2, -0.15) is 0 Å². The van der Waals surface area contributed by atoms with Crippen molar-refractivity contribution in [2.45, 2.75) is 46.1 Å². The number of carbonyl (C=O) groups excluding carboxylic acids is 1. The van der Waals surface area contributed by atoms with Gasteiger partial charge in [-0.3, -0.25) is 4.79 Å². The summed E-state index contributed by atoms with van der Waals surface area (Å²) in [7, 11) is 0. The Kier molecular flexibility index (Phi) is 6.72. The maximum atomic E-state index is 11.7. The van der Waals surface area contributed by atoms with Crippen molar-refractivity contribution in [1.82, 2.24) is 5.32 Å². The molecule has 5 heteroatoms. The van der Waals surface area contributed by atoms with E-state index in [9.17, 15) is 9.59 Å². The van der Waals surface area contributed by atoms with Crippen molar-refractivity contribution in [2.75, 3.05) is 6.61 Å². The van der Waals surface area contributed by atoms with Crippen molar-refractivity contribution in [3.63, 3.8) is 0 Å². The fourth-order valence-electron chi connectivity index (χ4n) is 2.09. The van der Waals surface area contributed by atoms with E-state index in [0.717, 1.165) is 16.9 Å². The highest BCUT2D eigenvalue weighted by Crippen LogP contribution is 2.22. The molecule has 1 amide bonds. The van der Waals surface area contributed by atoms with E-state index in [1.54, 1.807) is 0 Å². The molecule has 0 aliphatic carbocycles. The van der Waals surface area contributed by atoms with E-state index in [1.165, 1.54) is 0 Å². The van der Waals surface area contributed by atoms with Crippen molar-refractivity contribution >= 4 is 11.9 Å². The monoisotopic (exact) mass is 293 g/mol. The number of rotatable bonds is 8. The molecular formula is C16H23NO4. The third-order valence-corrected chi connectivity index (χ3v) is 3.19. The number of ether oxygens (including phenoxy) is 1. The highest BCUT2D eigenvalue weighted by atomic mass is 16.5. The molecule has 1 atom stereocenters. The molecule has 0 radical (unpaired) electrons. The van der Waals surface area contributed by atoms with Crippen molar-refractivity contribution in [1.29, 1.82) is 0 Å². The Hall–Kier alpha value is -2.04. The third kappa shape index (κ3) is 5.45. The first kappa shape index (κ1) is 17.0. The van der Waals surface area contributed by atoms with Crippen molar-refractivity contribution in [3.8, 4) is 5.75 Å². The first-order valence-electron chi connectivity index (χ1n) is 7.16. The van der Waals surface area contributed by atoms with Gasteiger partial charge >= 0.3 is 5.97 Å². The fraction of sp³-hybridized carbons (Fsp3) is 0.500. The molecule has 0 unspecified atom stereocenters. The standard InChI is InChI=1S/C16H23NO4/c1-4-6-13(16(19)20)17-14(18)9-10-21-15-11(2)7-5-8-12(15)3/h5,7-8,13H,4,6,9-10H2,1-3H3,(H,17,18)(H,19,20)/t13-/m0/s1. The van der Waals surface area contributed by atoms with Gasteiger partial charge in [0.05, 0.1) is 13.0 Å². The minimum atomic E-state index is -0.999. The zero-order valence-corrected chi connectivity index (χ0v) is 12.8. The predicted molar refractivity (Wildman–Crippen MR) is 80.5 cm³/mol. The molecule has 0 fully saturated rings. The van der Waals surface area contributed by atoms with E-state index < -0.39 is 12.0 Å². The highest BCUT2D eigenvalue weighted by Gasteiger charge is 2.18. The van der Waals surface area contributed by atoms with E-state index in [0.29, 0.717) is 12.8 Å². The van der Waals surface area contributed by atoms with E-state index in [-0.39, 0.29) is 18.9 Å². The maximum absolute atomic E-state index is 11.7. The van der Waals surface area contributed by atoms with Gasteiger partial charge in [0.1, 0.15) is 11.8 Å². The van der Waals surface area contributed by atoms with Gasteiger partial charge in [0.25, 0.3) is 0 Å². The number of amides is 1. The summed E-state index contributed by atoms with van der Waals surface area (Å²) in [5.74, 6) is -0.517. The van der Waals surface area contributed by atoms with Crippen molar-refractivity contribution in [2.24, 2.45) is 0 Å². The van der Waals surface area contributed by atoms with Crippen LogP contribution in [0, 0.1) is 13.8 Å². The molecule has 0 aromatic heterocycles. The molecule has 0 bridgehead atoms. The van der Waals surface area contributed by atoms with Crippen LogP contribution >= 0.6 is 0 Å². The van der Waals surface area contributed by atoms with Crippen molar-refractivity contribution in [3.05, 3.63) is 29.3 Å². The van der Waals surface area contributed by atoms with E-state index in [4.69, 9.17) is 9.84 Å². The molecular weight excluding hydrogens is 270 g/mol. The highest BCUT2D eigenvalue weighted by molar-refractivity contribution is 5.83. The van der Waals surface area contributed by atoms with Gasteiger partial charge in [0, 0.05) is 0 Å². The zero-order valence-electron chi connectivity index (χ0n) is 12.8. The van der Waals surface area contributed by atoms with Crippen LogP contribution in [0.5, 0.6) is 5.75 Å². The van der Waals surface area contributed by atoms with Crippen LogP contribution < -0.4 is 10.1 Å². The molecule has 0 saturated carbocycles. The number of nitrogens with one attached hydrogen (secondary N) is 1. The summed E-state index contributed by atoms with van der Waals surface area (Å²) in [5.41, 5.74) is 2.04. The van der Waals surface area contributed by atoms with Gasteiger partial charge in [-0.25, -0.2) is 4.79 Å². The Labute approximate surface area is 125 Å². The van der Waals surface area contributed by atoms with E-state index >= 15 is 0 Å². The van der Waals surface area contributed by atoms with Crippen LogP contribution in [-0.4, -0.2) is 29.6 Å². The van der Waals surface area contributed by atoms with Gasteiger partial charge in [-0.15, -0.1) is 0 Å². The lowest BCUT2D eigenvalue weighted by molar-refractivity contribution is -0.142. The Morgan fingerprint density at radius 1 is 1.29 bits per heavy atom. The summed E-state index contributed by atoms with van der Waals surface area (Å²) in [6.07, 6.45) is 1.27. The third-order valence-electron chi connectivity index (χ3n) is 3.19. The zero-order chi connectivity index (χ0) is 15.8. The fourth-order valence-corrected chi connectivity index (χ4v) is 2.09. The molecule has 1 rings (SSSR count). The first-order valence-corrected chi connectivity index (χ1v) is 7.16. The SMILES string of the molecule is CCC[C@H](NC(=O)CCOc1c(C)cccc1C)C(=O)O. The Morgan fingerprint density at radius 3 is 2.43 bits per heavy atom. The Morgan fingerprint density at radius 2 is 1.90 bits per heavy atom. The minimum absolute atomic E-state index is 0.140. The van der Waals surface area contributed by atoms with Gasteiger partial charge in [0.15, 0.2) is 0 Å². The lowest BCUT2D eigenvalue weighted by Gasteiger charge is -2.15. The molecule has 21 heavy (non-hydrogen) atoms. The van der Waals surface area contributed by atoms with Crippen LogP contribution in [0.25, 0.3) is 0 Å². The van der Waals surface area contributed by atoms with E-state index in [1.807, 2.05) is 39.0 Å². The predicted octanol–water partition coefficient (Wildman–Crippen LogP) is 2.44. The smallest absolute Gasteiger partial charge is 0.326 e. The average Bonchev–Trinajstić information content (AvgIpc) is 2.41. The largest absolute Gasteiger partial charge is 0.493 e. The normalized spacial score (nSPS) is 11.8. The number of aryl methyl sites for hydroxylation is 2. The van der Waals surface area contributed by atoms with Crippen molar-refractivity contribution < 1.29 is 19.4 Å². The quantitative estimate of drug-likeness (QED) is 0.772. The van der Waals surface area contributed by atoms with Gasteiger partial charge in [-0.1, -0.05) is 31.5 Å². The first-order chi connectivity index (χ1) is 9.95. The second kappa shape index (κ2) is 8.29. The summed E-state index contributed by atoms with van der Waals surface area (Å²) < 4.78 is 5.63. The lowest BCUT2D eigenvalue weighted by Crippen LogP contribution is -2.41.